The lowest BCUT2D eigenvalue weighted by Crippen LogP contribution is -2.31. The number of benzene rings is 1. The Kier molecular flexibility index (Phi) is 8.48. The summed E-state index contributed by atoms with van der Waals surface area (Å²) in [7, 11) is 0. The summed E-state index contributed by atoms with van der Waals surface area (Å²) in [6, 6.07) is 9.98. The number of carbonyl (C=O) groups is 1. The molecule has 178 valence electrons. The van der Waals surface area contributed by atoms with Crippen LogP contribution in [0.3, 0.4) is 0 Å². The Balaban J connectivity index is 1.73. The molecule has 0 aliphatic carbocycles. The maximum atomic E-state index is 12.0. The van der Waals surface area contributed by atoms with Crippen molar-refractivity contribution >= 4 is 38.8 Å². The van der Waals surface area contributed by atoms with Gasteiger partial charge in [-0.25, -0.2) is 14.8 Å². The van der Waals surface area contributed by atoms with Gasteiger partial charge in [-0.05, 0) is 56.0 Å². The van der Waals surface area contributed by atoms with Crippen LogP contribution in [0.1, 0.15) is 53.9 Å². The minimum atomic E-state index is -0.523. The molecular weight excluding hydrogens is 486 g/mol. The maximum absolute atomic E-state index is 12.0. The quantitative estimate of drug-likeness (QED) is 0.312. The Morgan fingerprint density at radius 3 is 2.52 bits per heavy atom. The van der Waals surface area contributed by atoms with E-state index >= 15 is 0 Å². The van der Waals surface area contributed by atoms with Crippen LogP contribution in [0.4, 0.5) is 5.82 Å². The van der Waals surface area contributed by atoms with Gasteiger partial charge in [-0.15, -0.1) is 0 Å². The highest BCUT2D eigenvalue weighted by Crippen LogP contribution is 2.39. The van der Waals surface area contributed by atoms with Crippen LogP contribution in [0.15, 0.2) is 45.5 Å². The number of nitrogens with zero attached hydrogens (tertiary/aromatic N) is 2. The van der Waals surface area contributed by atoms with Crippen LogP contribution in [0.5, 0.6) is 0 Å². The maximum Gasteiger partial charge on any atom is 0.332 e. The molecule has 0 saturated carbocycles. The Hall–Kier alpha value is -2.45. The van der Waals surface area contributed by atoms with Gasteiger partial charge in [-0.3, -0.25) is 0 Å². The van der Waals surface area contributed by atoms with Crippen molar-refractivity contribution in [3.63, 3.8) is 0 Å². The molecular formula is C25H32BrN3O4. The van der Waals surface area contributed by atoms with E-state index in [0.717, 1.165) is 34.7 Å². The minimum Gasteiger partial charge on any atom is -0.458 e. The molecule has 0 bridgehead atoms. The van der Waals surface area contributed by atoms with Crippen LogP contribution in [0.25, 0.3) is 22.4 Å². The van der Waals surface area contributed by atoms with Gasteiger partial charge >= 0.3 is 5.97 Å². The molecule has 3 aromatic rings. The molecule has 2 heterocycles. The van der Waals surface area contributed by atoms with Crippen LogP contribution >= 0.6 is 15.9 Å². The fourth-order valence-electron chi connectivity index (χ4n) is 3.53. The highest BCUT2D eigenvalue weighted by molar-refractivity contribution is 9.10. The van der Waals surface area contributed by atoms with Crippen molar-refractivity contribution in [2.75, 3.05) is 11.9 Å². The summed E-state index contributed by atoms with van der Waals surface area (Å²) in [6.45, 7) is 9.64. The predicted molar refractivity (Wildman–Crippen MR) is 133 cm³/mol. The second-order valence-electron chi connectivity index (χ2n) is 8.93. The summed E-state index contributed by atoms with van der Waals surface area (Å²) in [6.07, 6.45) is 3.78. The molecule has 0 amide bonds. The molecule has 2 atom stereocenters. The normalized spacial score (nSPS) is 13.6. The summed E-state index contributed by atoms with van der Waals surface area (Å²) < 4.78 is 18.1. The highest BCUT2D eigenvalue weighted by Gasteiger charge is 2.23. The summed E-state index contributed by atoms with van der Waals surface area (Å²) in [4.78, 5) is 20.8. The predicted octanol–water partition coefficient (Wildman–Crippen LogP) is 6.37. The monoisotopic (exact) mass is 517 g/mol. The number of nitrogens with one attached hydrogen (secondary N) is 1. The topological polar surface area (TPSA) is 86.5 Å². The average Bonchev–Trinajstić information content (AvgIpc) is 3.12. The molecule has 7 nitrogen and oxygen atoms in total. The number of fused-ring (bicyclic) bond motifs is 1. The van der Waals surface area contributed by atoms with Gasteiger partial charge in [-0.2, -0.15) is 0 Å². The fourth-order valence-corrected chi connectivity index (χ4v) is 4.20. The Labute approximate surface area is 203 Å². The third kappa shape index (κ3) is 6.77. The van der Waals surface area contributed by atoms with Crippen molar-refractivity contribution in [1.29, 1.82) is 0 Å². The van der Waals surface area contributed by atoms with Crippen LogP contribution in [0, 0.1) is 0 Å². The SMILES string of the molecule is CC[C@@H](C[C@H](CC)OCC(=O)OC(C)(C)C)Nc1ncnc2oc(-c3ccccc3)c(Br)c12. The third-order valence-corrected chi connectivity index (χ3v) is 5.92. The van der Waals surface area contributed by atoms with Crippen molar-refractivity contribution in [1.82, 2.24) is 9.97 Å². The molecule has 0 fully saturated rings. The van der Waals surface area contributed by atoms with E-state index in [1.54, 1.807) is 0 Å². The Bertz CT molecular complexity index is 1060. The second-order valence-corrected chi connectivity index (χ2v) is 9.72. The Morgan fingerprint density at radius 1 is 1.15 bits per heavy atom. The molecule has 0 aliphatic rings. The molecule has 2 aromatic heterocycles. The van der Waals surface area contributed by atoms with Crippen molar-refractivity contribution in [3.8, 4) is 11.3 Å². The molecule has 0 unspecified atom stereocenters. The van der Waals surface area contributed by atoms with E-state index in [1.807, 2.05) is 58.0 Å². The van der Waals surface area contributed by atoms with E-state index in [-0.39, 0.29) is 24.7 Å². The number of aromatic nitrogens is 2. The summed E-state index contributed by atoms with van der Waals surface area (Å²) in [5, 5.41) is 4.33. The molecule has 0 radical (unpaired) electrons. The largest absolute Gasteiger partial charge is 0.458 e. The molecule has 0 saturated heterocycles. The number of hydrogen-bond acceptors (Lipinski definition) is 7. The van der Waals surface area contributed by atoms with Gasteiger partial charge in [0.05, 0.1) is 16.0 Å². The van der Waals surface area contributed by atoms with Gasteiger partial charge in [0.2, 0.25) is 5.71 Å². The Morgan fingerprint density at radius 2 is 1.88 bits per heavy atom. The first-order valence-corrected chi connectivity index (χ1v) is 12.1. The van der Waals surface area contributed by atoms with E-state index < -0.39 is 5.60 Å². The van der Waals surface area contributed by atoms with E-state index in [4.69, 9.17) is 13.9 Å². The molecule has 33 heavy (non-hydrogen) atoms. The number of ether oxygens (including phenoxy) is 2. The van der Waals surface area contributed by atoms with E-state index in [2.05, 4.69) is 38.1 Å². The van der Waals surface area contributed by atoms with Crippen molar-refractivity contribution in [2.45, 2.75) is 71.6 Å². The van der Waals surface area contributed by atoms with Gasteiger partial charge in [0.15, 0.2) is 5.76 Å². The number of hydrogen-bond donors (Lipinski definition) is 1. The van der Waals surface area contributed by atoms with Crippen molar-refractivity contribution < 1.29 is 18.7 Å². The van der Waals surface area contributed by atoms with Gasteiger partial charge in [0, 0.05) is 11.6 Å². The molecule has 1 N–H and O–H groups in total. The molecule has 8 heteroatoms. The van der Waals surface area contributed by atoms with Gasteiger partial charge in [0.1, 0.15) is 24.4 Å². The minimum absolute atomic E-state index is 0.0579. The summed E-state index contributed by atoms with van der Waals surface area (Å²) in [5.74, 6) is 1.07. The standard InChI is InChI=1S/C25H32BrN3O4/c1-6-17(13-18(7-2)31-14-19(30)33-25(3,4)5)29-23-20-21(26)22(16-11-9-8-10-12-16)32-24(20)28-15-27-23/h8-12,15,17-18H,6-7,13-14H2,1-5H3,(H,27,28,29)/t17-,18-/m0/s1. The zero-order chi connectivity index (χ0) is 24.0. The first kappa shape index (κ1) is 25.2. The zero-order valence-electron chi connectivity index (χ0n) is 19.9. The van der Waals surface area contributed by atoms with Gasteiger partial charge < -0.3 is 19.2 Å². The number of anilines is 1. The fraction of sp³-hybridized carbons (Fsp3) is 0.480. The number of esters is 1. The molecule has 0 aliphatic heterocycles. The highest BCUT2D eigenvalue weighted by atomic mass is 79.9. The molecule has 1 aromatic carbocycles. The first-order chi connectivity index (χ1) is 15.7. The van der Waals surface area contributed by atoms with Gasteiger partial charge in [-0.1, -0.05) is 44.2 Å². The lowest BCUT2D eigenvalue weighted by atomic mass is 10.0. The average molecular weight is 518 g/mol. The lowest BCUT2D eigenvalue weighted by molar-refractivity contribution is -0.162. The van der Waals surface area contributed by atoms with Crippen LogP contribution in [-0.2, 0) is 14.3 Å². The van der Waals surface area contributed by atoms with E-state index in [0.29, 0.717) is 17.3 Å². The third-order valence-electron chi connectivity index (χ3n) is 5.16. The van der Waals surface area contributed by atoms with Gasteiger partial charge in [0.25, 0.3) is 0 Å². The van der Waals surface area contributed by atoms with Crippen LogP contribution in [0.2, 0.25) is 0 Å². The number of furan rings is 1. The smallest absolute Gasteiger partial charge is 0.332 e. The molecule has 0 spiro atoms. The number of carbonyl (C=O) groups excluding carboxylic acids is 1. The van der Waals surface area contributed by atoms with E-state index in [1.165, 1.54) is 6.33 Å². The summed E-state index contributed by atoms with van der Waals surface area (Å²) >= 11 is 3.69. The number of halogens is 1. The molecule has 3 rings (SSSR count). The zero-order valence-corrected chi connectivity index (χ0v) is 21.4. The first-order valence-electron chi connectivity index (χ1n) is 11.3. The van der Waals surface area contributed by atoms with Crippen LogP contribution in [-0.4, -0.2) is 40.3 Å². The van der Waals surface area contributed by atoms with Crippen LogP contribution < -0.4 is 5.32 Å². The lowest BCUT2D eigenvalue weighted by Gasteiger charge is -2.24. The summed E-state index contributed by atoms with van der Waals surface area (Å²) in [5.41, 5.74) is 0.952. The number of rotatable bonds is 10. The van der Waals surface area contributed by atoms with Crippen molar-refractivity contribution in [3.05, 3.63) is 41.1 Å². The van der Waals surface area contributed by atoms with E-state index in [9.17, 15) is 4.79 Å². The van der Waals surface area contributed by atoms with Crippen molar-refractivity contribution in [2.24, 2.45) is 0 Å². The second kappa shape index (κ2) is 11.1.